The second-order valence-electron chi connectivity index (χ2n) is 6.06. The van der Waals surface area contributed by atoms with Gasteiger partial charge in [0.2, 0.25) is 0 Å². The van der Waals surface area contributed by atoms with Crippen LogP contribution in [0.15, 0.2) is 18.2 Å². The van der Waals surface area contributed by atoms with Crippen LogP contribution >= 0.6 is 0 Å². The van der Waals surface area contributed by atoms with E-state index < -0.39 is 0 Å². The minimum absolute atomic E-state index is 0.252. The highest BCUT2D eigenvalue weighted by atomic mass is 16.2. The molecule has 3 heteroatoms. The van der Waals surface area contributed by atoms with Gasteiger partial charge in [0.05, 0.1) is 0 Å². The topological polar surface area (TPSA) is 32.3 Å². The van der Waals surface area contributed by atoms with Gasteiger partial charge in [-0.2, -0.15) is 0 Å². The monoisotopic (exact) mass is 272 g/mol. The number of rotatable bonds is 3. The van der Waals surface area contributed by atoms with Gasteiger partial charge < -0.3 is 10.2 Å². The SMILES string of the molecule is CCCC1CCN(C(=O)c2cccc3c2CCNC3)C1. The van der Waals surface area contributed by atoms with Crippen LogP contribution in [0.5, 0.6) is 0 Å². The Bertz CT molecular complexity index is 498. The summed E-state index contributed by atoms with van der Waals surface area (Å²) in [7, 11) is 0. The molecule has 108 valence electrons. The van der Waals surface area contributed by atoms with E-state index in [1.54, 1.807) is 0 Å². The summed E-state index contributed by atoms with van der Waals surface area (Å²) in [6.07, 6.45) is 4.62. The molecule has 0 bridgehead atoms. The van der Waals surface area contributed by atoms with Crippen molar-refractivity contribution in [3.63, 3.8) is 0 Å². The Hall–Kier alpha value is -1.35. The van der Waals surface area contributed by atoms with Crippen LogP contribution in [0.3, 0.4) is 0 Å². The number of hydrogen-bond donors (Lipinski definition) is 1. The van der Waals surface area contributed by atoms with Crippen LogP contribution < -0.4 is 5.32 Å². The van der Waals surface area contributed by atoms with E-state index in [1.165, 1.54) is 30.4 Å². The van der Waals surface area contributed by atoms with Crippen LogP contribution in [0.2, 0.25) is 0 Å². The van der Waals surface area contributed by atoms with Crippen molar-refractivity contribution in [3.05, 3.63) is 34.9 Å². The minimum Gasteiger partial charge on any atom is -0.338 e. The summed E-state index contributed by atoms with van der Waals surface area (Å²) in [5.74, 6) is 0.965. The molecule has 1 N–H and O–H groups in total. The number of likely N-dealkylation sites (tertiary alicyclic amines) is 1. The normalized spacial score (nSPS) is 21.9. The Kier molecular flexibility index (Phi) is 4.06. The second-order valence-corrected chi connectivity index (χ2v) is 6.06. The molecule has 0 aromatic heterocycles. The molecule has 1 amide bonds. The number of fused-ring (bicyclic) bond motifs is 1. The highest BCUT2D eigenvalue weighted by Gasteiger charge is 2.28. The Balaban J connectivity index is 1.78. The molecule has 1 saturated heterocycles. The molecule has 2 aliphatic heterocycles. The fourth-order valence-electron chi connectivity index (χ4n) is 3.56. The lowest BCUT2D eigenvalue weighted by molar-refractivity contribution is 0.0785. The third kappa shape index (κ3) is 2.59. The van der Waals surface area contributed by atoms with E-state index >= 15 is 0 Å². The highest BCUT2D eigenvalue weighted by molar-refractivity contribution is 5.96. The third-order valence-corrected chi connectivity index (χ3v) is 4.64. The smallest absolute Gasteiger partial charge is 0.254 e. The summed E-state index contributed by atoms with van der Waals surface area (Å²) in [6.45, 7) is 6.00. The molecule has 1 fully saturated rings. The number of carbonyl (C=O) groups is 1. The fourth-order valence-corrected chi connectivity index (χ4v) is 3.56. The highest BCUT2D eigenvalue weighted by Crippen LogP contribution is 2.25. The third-order valence-electron chi connectivity index (χ3n) is 4.64. The first-order chi connectivity index (χ1) is 9.79. The summed E-state index contributed by atoms with van der Waals surface area (Å²) in [5, 5.41) is 3.38. The van der Waals surface area contributed by atoms with Crippen molar-refractivity contribution in [2.24, 2.45) is 5.92 Å². The number of hydrogen-bond acceptors (Lipinski definition) is 2. The summed E-state index contributed by atoms with van der Waals surface area (Å²) in [6, 6.07) is 6.18. The Labute approximate surface area is 121 Å². The summed E-state index contributed by atoms with van der Waals surface area (Å²) in [4.78, 5) is 14.8. The molecule has 1 aromatic rings. The van der Waals surface area contributed by atoms with E-state index in [1.807, 2.05) is 12.1 Å². The second kappa shape index (κ2) is 5.96. The molecule has 0 aliphatic carbocycles. The van der Waals surface area contributed by atoms with Crippen molar-refractivity contribution in [1.29, 1.82) is 0 Å². The number of nitrogens with zero attached hydrogens (tertiary/aromatic N) is 1. The molecule has 2 aliphatic rings. The van der Waals surface area contributed by atoms with Crippen molar-refractivity contribution in [2.45, 2.75) is 39.2 Å². The molecule has 3 rings (SSSR count). The van der Waals surface area contributed by atoms with Crippen LogP contribution in [-0.4, -0.2) is 30.4 Å². The van der Waals surface area contributed by atoms with Crippen LogP contribution in [0.1, 0.15) is 47.7 Å². The molecule has 0 spiro atoms. The van der Waals surface area contributed by atoms with E-state index in [4.69, 9.17) is 0 Å². The van der Waals surface area contributed by atoms with Crippen molar-refractivity contribution in [1.82, 2.24) is 10.2 Å². The average molecular weight is 272 g/mol. The molecule has 2 heterocycles. The molecule has 1 atom stereocenters. The molecule has 3 nitrogen and oxygen atoms in total. The molecule has 20 heavy (non-hydrogen) atoms. The molecular weight excluding hydrogens is 248 g/mol. The fraction of sp³-hybridized carbons (Fsp3) is 0.588. The Morgan fingerprint density at radius 1 is 1.45 bits per heavy atom. The van der Waals surface area contributed by atoms with Crippen molar-refractivity contribution < 1.29 is 4.79 Å². The van der Waals surface area contributed by atoms with Crippen LogP contribution in [0.4, 0.5) is 0 Å². The first-order valence-electron chi connectivity index (χ1n) is 7.90. The zero-order valence-corrected chi connectivity index (χ0v) is 12.3. The summed E-state index contributed by atoms with van der Waals surface area (Å²) in [5.41, 5.74) is 3.52. The van der Waals surface area contributed by atoms with Gasteiger partial charge in [-0.15, -0.1) is 0 Å². The van der Waals surface area contributed by atoms with Gasteiger partial charge >= 0.3 is 0 Å². The largest absolute Gasteiger partial charge is 0.338 e. The zero-order chi connectivity index (χ0) is 13.9. The number of carbonyl (C=O) groups excluding carboxylic acids is 1. The van der Waals surface area contributed by atoms with Crippen molar-refractivity contribution >= 4 is 5.91 Å². The maximum atomic E-state index is 12.8. The van der Waals surface area contributed by atoms with Gasteiger partial charge in [-0.25, -0.2) is 0 Å². The maximum Gasteiger partial charge on any atom is 0.254 e. The minimum atomic E-state index is 0.252. The quantitative estimate of drug-likeness (QED) is 0.917. The predicted molar refractivity (Wildman–Crippen MR) is 80.8 cm³/mol. The molecule has 1 aromatic carbocycles. The first kappa shape index (κ1) is 13.6. The van der Waals surface area contributed by atoms with E-state index in [9.17, 15) is 4.79 Å². The first-order valence-corrected chi connectivity index (χ1v) is 7.90. The van der Waals surface area contributed by atoms with E-state index in [0.29, 0.717) is 5.92 Å². The van der Waals surface area contributed by atoms with Gasteiger partial charge in [0, 0.05) is 25.2 Å². The van der Waals surface area contributed by atoms with E-state index in [-0.39, 0.29) is 5.91 Å². The lowest BCUT2D eigenvalue weighted by atomic mass is 9.95. The zero-order valence-electron chi connectivity index (χ0n) is 12.3. The van der Waals surface area contributed by atoms with Gasteiger partial charge in [0.1, 0.15) is 0 Å². The summed E-state index contributed by atoms with van der Waals surface area (Å²) >= 11 is 0. The van der Waals surface area contributed by atoms with Gasteiger partial charge in [-0.1, -0.05) is 25.5 Å². The summed E-state index contributed by atoms with van der Waals surface area (Å²) < 4.78 is 0. The number of benzene rings is 1. The lowest BCUT2D eigenvalue weighted by Gasteiger charge is -2.23. The van der Waals surface area contributed by atoms with Crippen molar-refractivity contribution in [2.75, 3.05) is 19.6 Å². The van der Waals surface area contributed by atoms with Gasteiger partial charge in [-0.3, -0.25) is 4.79 Å². The molecule has 0 radical (unpaired) electrons. The standard InChI is InChI=1S/C17H24N2O/c1-2-4-13-8-10-19(12-13)17(20)16-6-3-5-14-11-18-9-7-15(14)16/h3,5-6,13,18H,2,4,7-12H2,1H3. The van der Waals surface area contributed by atoms with Crippen molar-refractivity contribution in [3.8, 4) is 0 Å². The molecular formula is C17H24N2O. The van der Waals surface area contributed by atoms with E-state index in [2.05, 4.69) is 23.2 Å². The predicted octanol–water partition coefficient (Wildman–Crippen LogP) is 2.59. The number of amides is 1. The Morgan fingerprint density at radius 3 is 3.20 bits per heavy atom. The Morgan fingerprint density at radius 2 is 2.35 bits per heavy atom. The maximum absolute atomic E-state index is 12.8. The number of nitrogens with one attached hydrogen (secondary N) is 1. The molecule has 0 saturated carbocycles. The molecule has 1 unspecified atom stereocenters. The van der Waals surface area contributed by atoms with Gasteiger partial charge in [0.15, 0.2) is 0 Å². The van der Waals surface area contributed by atoms with Crippen LogP contribution in [0, 0.1) is 5.92 Å². The average Bonchev–Trinajstić information content (AvgIpc) is 2.95. The van der Waals surface area contributed by atoms with E-state index in [0.717, 1.165) is 38.2 Å². The van der Waals surface area contributed by atoms with Crippen LogP contribution in [-0.2, 0) is 13.0 Å². The van der Waals surface area contributed by atoms with Gasteiger partial charge in [-0.05, 0) is 48.9 Å². The van der Waals surface area contributed by atoms with Crippen LogP contribution in [0.25, 0.3) is 0 Å². The lowest BCUT2D eigenvalue weighted by Crippen LogP contribution is -2.32. The van der Waals surface area contributed by atoms with Gasteiger partial charge in [0.25, 0.3) is 5.91 Å².